The smallest absolute Gasteiger partial charge is 0.258 e. The molecule has 0 spiro atoms. The van der Waals surface area contributed by atoms with Crippen LogP contribution in [0, 0.1) is 0 Å². The second kappa shape index (κ2) is 8.71. The minimum Gasteiger partial charge on any atom is -0.484 e. The first kappa shape index (κ1) is 18.9. The second-order valence-electron chi connectivity index (χ2n) is 6.54. The van der Waals surface area contributed by atoms with Crippen molar-refractivity contribution in [3.8, 4) is 5.75 Å². The maximum atomic E-state index is 12.5. The van der Waals surface area contributed by atoms with Gasteiger partial charge >= 0.3 is 0 Å². The van der Waals surface area contributed by atoms with Crippen molar-refractivity contribution in [1.82, 2.24) is 5.32 Å². The number of ketones is 1. The van der Waals surface area contributed by atoms with Crippen molar-refractivity contribution in [1.29, 1.82) is 0 Å². The first-order valence-electron chi connectivity index (χ1n) is 9.26. The van der Waals surface area contributed by atoms with Gasteiger partial charge in [-0.15, -0.1) is 11.3 Å². The molecule has 144 valence electrons. The number of benzene rings is 3. The largest absolute Gasteiger partial charge is 0.484 e. The molecule has 5 heteroatoms. The fourth-order valence-corrected chi connectivity index (χ4v) is 3.88. The molecule has 3 aromatic carbocycles. The monoisotopic (exact) mass is 401 g/mol. The Morgan fingerprint density at radius 3 is 2.41 bits per heavy atom. The van der Waals surface area contributed by atoms with E-state index < -0.39 is 0 Å². The van der Waals surface area contributed by atoms with Crippen LogP contribution in [-0.4, -0.2) is 18.3 Å². The molecule has 0 aliphatic carbocycles. The minimum absolute atomic E-state index is 0.00665. The van der Waals surface area contributed by atoms with E-state index in [1.807, 2.05) is 66.7 Å². The van der Waals surface area contributed by atoms with Gasteiger partial charge in [-0.2, -0.15) is 0 Å². The number of thiophene rings is 1. The van der Waals surface area contributed by atoms with Gasteiger partial charge in [0, 0.05) is 10.4 Å². The molecule has 0 unspecified atom stereocenters. The van der Waals surface area contributed by atoms with Crippen LogP contribution < -0.4 is 10.1 Å². The summed E-state index contributed by atoms with van der Waals surface area (Å²) in [6.07, 6.45) is 0. The van der Waals surface area contributed by atoms with Crippen LogP contribution >= 0.6 is 11.3 Å². The Bertz CT molecular complexity index is 1150. The number of carbonyl (C=O) groups excluding carboxylic acids is 2. The molecular formula is C24H19NO3S. The highest BCUT2D eigenvalue weighted by Crippen LogP contribution is 2.21. The Balaban J connectivity index is 1.29. The summed E-state index contributed by atoms with van der Waals surface area (Å²) in [5, 5.41) is 5.03. The zero-order valence-corrected chi connectivity index (χ0v) is 16.4. The zero-order valence-electron chi connectivity index (χ0n) is 15.6. The molecule has 1 amide bonds. The van der Waals surface area contributed by atoms with E-state index in [0.717, 1.165) is 15.6 Å². The number of carbonyl (C=O) groups is 2. The lowest BCUT2D eigenvalue weighted by Gasteiger charge is -2.08. The van der Waals surface area contributed by atoms with Crippen LogP contribution in [-0.2, 0) is 11.3 Å². The average molecular weight is 401 g/mol. The van der Waals surface area contributed by atoms with Crippen molar-refractivity contribution in [3.05, 3.63) is 100 Å². The van der Waals surface area contributed by atoms with Gasteiger partial charge in [0.05, 0.1) is 11.4 Å². The van der Waals surface area contributed by atoms with Crippen LogP contribution in [0.3, 0.4) is 0 Å². The summed E-state index contributed by atoms with van der Waals surface area (Å²) in [5.41, 5.74) is 0.661. The lowest BCUT2D eigenvalue weighted by Crippen LogP contribution is -2.28. The maximum absolute atomic E-state index is 12.5. The van der Waals surface area contributed by atoms with Crippen molar-refractivity contribution < 1.29 is 14.3 Å². The first-order chi connectivity index (χ1) is 14.2. The molecule has 4 nitrogen and oxygen atoms in total. The Kier molecular flexibility index (Phi) is 5.68. The number of amides is 1. The van der Waals surface area contributed by atoms with Crippen molar-refractivity contribution >= 4 is 33.8 Å². The molecule has 0 saturated carbocycles. The number of rotatable bonds is 7. The highest BCUT2D eigenvalue weighted by Gasteiger charge is 2.12. The highest BCUT2D eigenvalue weighted by molar-refractivity contribution is 7.14. The van der Waals surface area contributed by atoms with Gasteiger partial charge in [0.1, 0.15) is 5.75 Å². The number of hydrogen-bond donors (Lipinski definition) is 1. The average Bonchev–Trinajstić information content (AvgIpc) is 3.25. The van der Waals surface area contributed by atoms with E-state index in [9.17, 15) is 9.59 Å². The van der Waals surface area contributed by atoms with Crippen LogP contribution in [0.1, 0.15) is 20.1 Å². The molecular weight excluding hydrogens is 382 g/mol. The normalized spacial score (nSPS) is 10.6. The Morgan fingerprint density at radius 2 is 1.59 bits per heavy atom. The van der Waals surface area contributed by atoms with Crippen molar-refractivity contribution in [2.24, 2.45) is 0 Å². The van der Waals surface area contributed by atoms with E-state index >= 15 is 0 Å². The Morgan fingerprint density at radius 1 is 0.828 bits per heavy atom. The van der Waals surface area contributed by atoms with Gasteiger partial charge in [-0.1, -0.05) is 60.7 Å². The molecule has 0 aliphatic rings. The lowest BCUT2D eigenvalue weighted by molar-refractivity contribution is -0.123. The predicted octanol–water partition coefficient (Wildman–Crippen LogP) is 4.83. The van der Waals surface area contributed by atoms with Gasteiger partial charge in [-0.3, -0.25) is 9.59 Å². The van der Waals surface area contributed by atoms with E-state index in [1.165, 1.54) is 11.3 Å². The van der Waals surface area contributed by atoms with Crippen molar-refractivity contribution in [2.45, 2.75) is 6.54 Å². The fraction of sp³-hybridized carbons (Fsp3) is 0.0833. The third kappa shape index (κ3) is 4.70. The zero-order chi connectivity index (χ0) is 20.1. The van der Waals surface area contributed by atoms with E-state index in [0.29, 0.717) is 22.7 Å². The van der Waals surface area contributed by atoms with Gasteiger partial charge in [-0.25, -0.2) is 0 Å². The lowest BCUT2D eigenvalue weighted by atomic mass is 10.1. The number of ether oxygens (including phenoxy) is 1. The van der Waals surface area contributed by atoms with Gasteiger partial charge in [0.15, 0.2) is 6.61 Å². The molecule has 29 heavy (non-hydrogen) atoms. The van der Waals surface area contributed by atoms with Gasteiger partial charge in [-0.05, 0) is 35.0 Å². The molecule has 1 aromatic heterocycles. The molecule has 0 saturated heterocycles. The molecule has 0 atom stereocenters. The Labute approximate surface area is 172 Å². The number of nitrogens with one attached hydrogen (secondary N) is 1. The predicted molar refractivity (Wildman–Crippen MR) is 115 cm³/mol. The third-order valence-electron chi connectivity index (χ3n) is 4.47. The SMILES string of the molecule is O=C(COc1ccc2ccccc2c1)NCc1ccc(C(=O)c2ccccc2)s1. The number of fused-ring (bicyclic) bond motifs is 1. The standard InChI is InChI=1S/C24H19NO3S/c26-23(16-28-20-11-10-17-6-4-5-9-19(17)14-20)25-15-21-12-13-22(29-21)24(27)18-7-2-1-3-8-18/h1-14H,15-16H2,(H,25,26). The van der Waals surface area contributed by atoms with Crippen LogP contribution in [0.5, 0.6) is 5.75 Å². The van der Waals surface area contributed by atoms with Crippen LogP contribution in [0.25, 0.3) is 10.8 Å². The van der Waals surface area contributed by atoms with Crippen LogP contribution in [0.4, 0.5) is 0 Å². The third-order valence-corrected chi connectivity index (χ3v) is 5.56. The summed E-state index contributed by atoms with van der Waals surface area (Å²) in [5.74, 6) is 0.445. The van der Waals surface area contributed by atoms with Gasteiger partial charge in [0.25, 0.3) is 5.91 Å². The molecule has 0 fully saturated rings. The molecule has 4 aromatic rings. The summed E-state index contributed by atoms with van der Waals surface area (Å²) in [6.45, 7) is 0.312. The van der Waals surface area contributed by atoms with E-state index in [2.05, 4.69) is 5.32 Å². The molecule has 0 bridgehead atoms. The van der Waals surface area contributed by atoms with Gasteiger partial charge < -0.3 is 10.1 Å². The van der Waals surface area contributed by atoms with Gasteiger partial charge in [0.2, 0.25) is 5.78 Å². The minimum atomic E-state index is -0.206. The van der Waals surface area contributed by atoms with E-state index in [1.54, 1.807) is 18.2 Å². The van der Waals surface area contributed by atoms with E-state index in [-0.39, 0.29) is 18.3 Å². The van der Waals surface area contributed by atoms with Crippen LogP contribution in [0.15, 0.2) is 84.9 Å². The topological polar surface area (TPSA) is 55.4 Å². The summed E-state index contributed by atoms with van der Waals surface area (Å²) in [7, 11) is 0. The maximum Gasteiger partial charge on any atom is 0.258 e. The molecule has 0 aliphatic heterocycles. The first-order valence-corrected chi connectivity index (χ1v) is 10.1. The van der Waals surface area contributed by atoms with Crippen LogP contribution in [0.2, 0.25) is 0 Å². The molecule has 1 heterocycles. The van der Waals surface area contributed by atoms with Crippen molar-refractivity contribution in [3.63, 3.8) is 0 Å². The molecule has 4 rings (SSSR count). The highest BCUT2D eigenvalue weighted by atomic mass is 32.1. The van der Waals surface area contributed by atoms with Crippen molar-refractivity contribution in [2.75, 3.05) is 6.61 Å². The second-order valence-corrected chi connectivity index (χ2v) is 7.70. The quantitative estimate of drug-likeness (QED) is 0.452. The number of hydrogen-bond acceptors (Lipinski definition) is 4. The summed E-state index contributed by atoms with van der Waals surface area (Å²) in [4.78, 5) is 26.2. The Hall–Kier alpha value is -3.44. The molecule has 0 radical (unpaired) electrons. The summed E-state index contributed by atoms with van der Waals surface area (Å²) < 4.78 is 5.60. The molecule has 1 N–H and O–H groups in total. The summed E-state index contributed by atoms with van der Waals surface area (Å²) in [6, 6.07) is 26.6. The van der Waals surface area contributed by atoms with E-state index in [4.69, 9.17) is 4.74 Å². The summed E-state index contributed by atoms with van der Waals surface area (Å²) >= 11 is 1.39. The fourth-order valence-electron chi connectivity index (χ4n) is 2.97.